The van der Waals surface area contributed by atoms with Crippen LogP contribution < -0.4 is 0 Å². The third kappa shape index (κ3) is 2.84. The van der Waals surface area contributed by atoms with Gasteiger partial charge in [0, 0.05) is 10.9 Å². The van der Waals surface area contributed by atoms with Crippen molar-refractivity contribution < 1.29 is 0 Å². The number of rotatable bonds is 3. The molecule has 0 bridgehead atoms. The minimum atomic E-state index is 1.03. The van der Waals surface area contributed by atoms with Crippen LogP contribution >= 0.6 is 34.4 Å². The molecule has 0 spiro atoms. The van der Waals surface area contributed by atoms with Gasteiger partial charge in [0.25, 0.3) is 0 Å². The molecule has 0 unspecified atom stereocenters. The molecule has 2 nitrogen and oxygen atoms in total. The van der Waals surface area contributed by atoms with Gasteiger partial charge >= 0.3 is 0 Å². The number of hydrogen-bond donors (Lipinski definition) is 0. The summed E-state index contributed by atoms with van der Waals surface area (Å²) >= 11 is 5.04. The van der Waals surface area contributed by atoms with Gasteiger partial charge in [-0.15, -0.1) is 22.7 Å². The molecule has 5 aromatic rings. The molecular formula is C20H12N2S3. The van der Waals surface area contributed by atoms with E-state index in [1.165, 1.54) is 21.0 Å². The Balaban J connectivity index is 1.50. The fraction of sp³-hybridized carbons (Fsp3) is 0. The Kier molecular flexibility index (Phi) is 3.77. The zero-order chi connectivity index (χ0) is 16.6. The van der Waals surface area contributed by atoms with Crippen molar-refractivity contribution in [3.8, 4) is 11.3 Å². The van der Waals surface area contributed by atoms with Crippen LogP contribution in [0.1, 0.15) is 0 Å². The maximum atomic E-state index is 4.84. The zero-order valence-corrected chi connectivity index (χ0v) is 15.5. The molecule has 2 aromatic heterocycles. The largest absolute Gasteiger partial charge is 0.229 e. The Morgan fingerprint density at radius 1 is 0.760 bits per heavy atom. The lowest BCUT2D eigenvalue weighted by Gasteiger charge is -2.03. The Labute approximate surface area is 157 Å². The molecule has 2 heterocycles. The van der Waals surface area contributed by atoms with Gasteiger partial charge in [0.15, 0.2) is 8.68 Å². The topological polar surface area (TPSA) is 25.8 Å². The lowest BCUT2D eigenvalue weighted by Crippen LogP contribution is -1.81. The van der Waals surface area contributed by atoms with E-state index >= 15 is 0 Å². The molecule has 25 heavy (non-hydrogen) atoms. The van der Waals surface area contributed by atoms with Crippen LogP contribution in [0.5, 0.6) is 0 Å². The third-order valence-corrected chi connectivity index (χ3v) is 7.03. The summed E-state index contributed by atoms with van der Waals surface area (Å²) in [5.41, 5.74) is 3.27. The lowest BCUT2D eigenvalue weighted by atomic mass is 10.0. The van der Waals surface area contributed by atoms with Crippen LogP contribution in [0.4, 0.5) is 0 Å². The molecule has 120 valence electrons. The summed E-state index contributed by atoms with van der Waals surface area (Å²) in [6, 6.07) is 23.1. The van der Waals surface area contributed by atoms with Crippen molar-refractivity contribution in [1.82, 2.24) is 9.97 Å². The first-order chi connectivity index (χ1) is 12.4. The number of hydrogen-bond acceptors (Lipinski definition) is 5. The van der Waals surface area contributed by atoms with Crippen LogP contribution in [-0.2, 0) is 0 Å². The molecular weight excluding hydrogens is 364 g/mol. The lowest BCUT2D eigenvalue weighted by molar-refractivity contribution is 1.23. The highest BCUT2D eigenvalue weighted by molar-refractivity contribution is 8.02. The van der Waals surface area contributed by atoms with Crippen molar-refractivity contribution >= 4 is 55.4 Å². The summed E-state index contributed by atoms with van der Waals surface area (Å²) < 4.78 is 3.29. The average Bonchev–Trinajstić information content (AvgIpc) is 3.27. The van der Waals surface area contributed by atoms with Crippen LogP contribution in [0, 0.1) is 0 Å². The van der Waals surface area contributed by atoms with Gasteiger partial charge in [0.2, 0.25) is 0 Å². The molecule has 0 aliphatic rings. The predicted octanol–water partition coefficient (Wildman–Crippen LogP) is 6.72. The molecule has 0 N–H and O–H groups in total. The van der Waals surface area contributed by atoms with Gasteiger partial charge < -0.3 is 0 Å². The van der Waals surface area contributed by atoms with E-state index in [1.807, 2.05) is 6.07 Å². The van der Waals surface area contributed by atoms with Gasteiger partial charge in [0.05, 0.1) is 15.9 Å². The average molecular weight is 377 g/mol. The first-order valence-electron chi connectivity index (χ1n) is 7.84. The van der Waals surface area contributed by atoms with Crippen molar-refractivity contribution in [2.45, 2.75) is 8.68 Å². The summed E-state index contributed by atoms with van der Waals surface area (Å²) in [6.45, 7) is 0. The molecule has 3 aromatic carbocycles. The summed E-state index contributed by atoms with van der Waals surface area (Å²) in [7, 11) is 0. The first-order valence-corrected chi connectivity index (χ1v) is 10.4. The zero-order valence-electron chi connectivity index (χ0n) is 13.0. The maximum Gasteiger partial charge on any atom is 0.158 e. The summed E-state index contributed by atoms with van der Waals surface area (Å²) in [5, 5.41) is 4.62. The van der Waals surface area contributed by atoms with Crippen molar-refractivity contribution in [2.75, 3.05) is 0 Å². The number of para-hydroxylation sites is 1. The second-order valence-electron chi connectivity index (χ2n) is 5.57. The van der Waals surface area contributed by atoms with Crippen molar-refractivity contribution in [3.05, 3.63) is 72.1 Å². The molecule has 5 rings (SSSR count). The van der Waals surface area contributed by atoms with Gasteiger partial charge in [0.1, 0.15) is 0 Å². The smallest absolute Gasteiger partial charge is 0.158 e. The predicted molar refractivity (Wildman–Crippen MR) is 109 cm³/mol. The molecule has 0 saturated heterocycles. The van der Waals surface area contributed by atoms with Crippen molar-refractivity contribution in [3.63, 3.8) is 0 Å². The van der Waals surface area contributed by atoms with E-state index in [0.717, 1.165) is 19.9 Å². The summed E-state index contributed by atoms with van der Waals surface area (Å²) in [6.07, 6.45) is 0. The van der Waals surface area contributed by atoms with Gasteiger partial charge in [-0.05, 0) is 34.7 Å². The Morgan fingerprint density at radius 2 is 1.60 bits per heavy atom. The number of benzene rings is 3. The molecule has 0 aliphatic carbocycles. The van der Waals surface area contributed by atoms with E-state index in [0.29, 0.717) is 0 Å². The van der Waals surface area contributed by atoms with Crippen LogP contribution in [0.25, 0.3) is 32.2 Å². The highest BCUT2D eigenvalue weighted by Gasteiger charge is 2.11. The Hall–Kier alpha value is -2.21. The van der Waals surface area contributed by atoms with Gasteiger partial charge in [-0.2, -0.15) is 0 Å². The summed E-state index contributed by atoms with van der Waals surface area (Å²) in [4.78, 5) is 9.53. The maximum absolute atomic E-state index is 4.84. The monoisotopic (exact) mass is 376 g/mol. The highest BCUT2D eigenvalue weighted by Crippen LogP contribution is 2.38. The van der Waals surface area contributed by atoms with Crippen LogP contribution in [0.3, 0.4) is 0 Å². The van der Waals surface area contributed by atoms with Crippen LogP contribution in [0.15, 0.2) is 80.8 Å². The van der Waals surface area contributed by atoms with Crippen molar-refractivity contribution in [1.29, 1.82) is 0 Å². The van der Waals surface area contributed by atoms with Gasteiger partial charge in [-0.1, -0.05) is 54.6 Å². The minimum absolute atomic E-state index is 1.03. The van der Waals surface area contributed by atoms with E-state index in [9.17, 15) is 0 Å². The normalized spacial score (nSPS) is 11.4. The van der Waals surface area contributed by atoms with Crippen molar-refractivity contribution in [2.24, 2.45) is 0 Å². The number of fused-ring (bicyclic) bond motifs is 2. The fourth-order valence-electron chi connectivity index (χ4n) is 2.85. The summed E-state index contributed by atoms with van der Waals surface area (Å²) in [5.74, 6) is 0. The minimum Gasteiger partial charge on any atom is -0.229 e. The Bertz CT molecular complexity index is 1150. The van der Waals surface area contributed by atoms with E-state index in [4.69, 9.17) is 4.98 Å². The van der Waals surface area contributed by atoms with Crippen LogP contribution in [0.2, 0.25) is 0 Å². The quantitative estimate of drug-likeness (QED) is 0.349. The van der Waals surface area contributed by atoms with Gasteiger partial charge in [-0.3, -0.25) is 0 Å². The number of nitrogens with zero attached hydrogens (tertiary/aromatic N) is 2. The number of aromatic nitrogens is 2. The second kappa shape index (κ2) is 6.26. The molecule has 0 aliphatic heterocycles. The van der Waals surface area contributed by atoms with E-state index in [1.54, 1.807) is 34.4 Å². The molecule has 5 heteroatoms. The van der Waals surface area contributed by atoms with Crippen LogP contribution in [-0.4, -0.2) is 9.97 Å². The second-order valence-corrected chi connectivity index (χ2v) is 8.96. The highest BCUT2D eigenvalue weighted by atomic mass is 32.2. The third-order valence-electron chi connectivity index (χ3n) is 4.00. The fourth-order valence-corrected chi connectivity index (χ4v) is 5.93. The standard InChI is InChI=1S/C20H12N2S3/c1-2-8-14-13(6-1)7-5-9-15(14)17-12-23-19(22-17)25-20-21-16-10-3-4-11-18(16)24-20/h1-12H. The van der Waals surface area contributed by atoms with E-state index in [2.05, 4.69) is 71.0 Å². The van der Waals surface area contributed by atoms with E-state index < -0.39 is 0 Å². The molecule has 0 radical (unpaired) electrons. The molecule has 0 fully saturated rings. The van der Waals surface area contributed by atoms with Gasteiger partial charge in [-0.25, -0.2) is 9.97 Å². The Morgan fingerprint density at radius 3 is 2.56 bits per heavy atom. The molecule has 0 amide bonds. The SMILES string of the molecule is c1ccc2c(-c3csc(Sc4nc5ccccc5s4)n3)cccc2c1. The first kappa shape index (κ1) is 15.1. The molecule has 0 saturated carbocycles. The molecule has 0 atom stereocenters. The number of thiazole rings is 2. The van der Waals surface area contributed by atoms with E-state index in [-0.39, 0.29) is 0 Å².